The van der Waals surface area contributed by atoms with Crippen molar-refractivity contribution in [3.8, 4) is 11.4 Å². The van der Waals surface area contributed by atoms with Crippen molar-refractivity contribution >= 4 is 29.3 Å². The molecule has 8 heteroatoms. The van der Waals surface area contributed by atoms with Crippen LogP contribution >= 0.6 is 23.4 Å². The molecular formula is C26H25ClN4O2S. The summed E-state index contributed by atoms with van der Waals surface area (Å²) >= 11 is 7.93. The third-order valence-corrected chi connectivity index (χ3v) is 6.60. The van der Waals surface area contributed by atoms with Crippen LogP contribution in [0.25, 0.3) is 5.69 Å². The van der Waals surface area contributed by atoms with Crippen LogP contribution in [0.15, 0.2) is 78.0 Å². The van der Waals surface area contributed by atoms with E-state index in [0.717, 1.165) is 22.2 Å². The van der Waals surface area contributed by atoms with E-state index in [1.165, 1.54) is 5.56 Å². The molecule has 1 N–H and O–H groups in total. The summed E-state index contributed by atoms with van der Waals surface area (Å²) in [5.74, 6) is 1.61. The Kier molecular flexibility index (Phi) is 7.55. The lowest BCUT2D eigenvalue weighted by molar-refractivity contribution is 0.0935. The minimum atomic E-state index is -0.422. The Labute approximate surface area is 208 Å². The number of rotatable bonds is 8. The van der Waals surface area contributed by atoms with Gasteiger partial charge in [-0.05, 0) is 49.2 Å². The quantitative estimate of drug-likeness (QED) is 0.304. The molecular weight excluding hydrogens is 468 g/mol. The van der Waals surface area contributed by atoms with Gasteiger partial charge in [0.15, 0.2) is 11.0 Å². The van der Waals surface area contributed by atoms with E-state index in [9.17, 15) is 4.79 Å². The number of nitrogens with zero attached hydrogens (tertiary/aromatic N) is 3. The zero-order valence-corrected chi connectivity index (χ0v) is 20.7. The molecule has 0 aliphatic carbocycles. The van der Waals surface area contributed by atoms with Crippen molar-refractivity contribution in [1.29, 1.82) is 0 Å². The number of para-hydroxylation sites is 1. The van der Waals surface area contributed by atoms with Gasteiger partial charge in [0, 0.05) is 10.8 Å². The third-order valence-electron chi connectivity index (χ3n) is 5.37. The fraction of sp³-hybridized carbons (Fsp3) is 0.192. The fourth-order valence-corrected chi connectivity index (χ4v) is 4.67. The molecule has 0 saturated carbocycles. The highest BCUT2D eigenvalue weighted by Crippen LogP contribution is 2.30. The molecule has 4 rings (SSSR count). The van der Waals surface area contributed by atoms with E-state index in [-0.39, 0.29) is 5.91 Å². The summed E-state index contributed by atoms with van der Waals surface area (Å²) in [6.45, 7) is 3.90. The number of thioether (sulfide) groups is 1. The molecule has 0 fully saturated rings. The summed E-state index contributed by atoms with van der Waals surface area (Å²) in [4.78, 5) is 13.0. The molecule has 0 radical (unpaired) electrons. The monoisotopic (exact) mass is 492 g/mol. The smallest absolute Gasteiger partial charge is 0.255 e. The molecule has 174 valence electrons. The molecule has 0 saturated heterocycles. The van der Waals surface area contributed by atoms with E-state index in [4.69, 9.17) is 16.3 Å². The number of hydrogen-bond donors (Lipinski definition) is 1. The van der Waals surface area contributed by atoms with Crippen molar-refractivity contribution in [3.05, 3.63) is 100 Å². The van der Waals surface area contributed by atoms with Gasteiger partial charge < -0.3 is 10.1 Å². The van der Waals surface area contributed by atoms with E-state index < -0.39 is 6.04 Å². The first-order chi connectivity index (χ1) is 16.5. The van der Waals surface area contributed by atoms with Crippen molar-refractivity contribution in [2.24, 2.45) is 0 Å². The number of hydrogen-bond acceptors (Lipinski definition) is 5. The van der Waals surface area contributed by atoms with E-state index in [1.807, 2.05) is 60.9 Å². The molecule has 4 aromatic rings. The first-order valence-corrected chi connectivity index (χ1v) is 12.2. The molecule has 1 aromatic heterocycles. The number of ether oxygens (including phenoxy) is 1. The van der Waals surface area contributed by atoms with Crippen molar-refractivity contribution in [3.63, 3.8) is 0 Å². The summed E-state index contributed by atoms with van der Waals surface area (Å²) < 4.78 is 7.32. The van der Waals surface area contributed by atoms with E-state index in [1.54, 1.807) is 37.1 Å². The highest BCUT2D eigenvalue weighted by molar-refractivity contribution is 7.98. The predicted octanol–water partition coefficient (Wildman–Crippen LogP) is 6.02. The third kappa shape index (κ3) is 5.26. The molecule has 6 nitrogen and oxygen atoms in total. The number of aryl methyl sites for hydroxylation is 1. The number of carbonyl (C=O) groups is 1. The van der Waals surface area contributed by atoms with Gasteiger partial charge in [0.1, 0.15) is 5.75 Å². The first kappa shape index (κ1) is 23.9. The molecule has 3 aromatic carbocycles. The van der Waals surface area contributed by atoms with Crippen LogP contribution in [0, 0.1) is 6.92 Å². The largest absolute Gasteiger partial charge is 0.496 e. The van der Waals surface area contributed by atoms with Crippen molar-refractivity contribution < 1.29 is 9.53 Å². The second-order valence-electron chi connectivity index (χ2n) is 7.78. The number of carbonyl (C=O) groups excluding carboxylic acids is 1. The molecule has 1 amide bonds. The molecule has 1 heterocycles. The molecule has 0 bridgehead atoms. The Hall–Kier alpha value is -3.29. The lowest BCUT2D eigenvalue weighted by Crippen LogP contribution is -2.29. The number of benzene rings is 3. The summed E-state index contributed by atoms with van der Waals surface area (Å²) in [5, 5.41) is 13.3. The molecule has 0 aliphatic heterocycles. The van der Waals surface area contributed by atoms with Crippen LogP contribution in [0.2, 0.25) is 5.02 Å². The van der Waals surface area contributed by atoms with Crippen LogP contribution in [0.3, 0.4) is 0 Å². The standard InChI is InChI=1S/C26H25ClN4O2S/c1-17-13-14-20(27)15-22(17)31-24(29-30-26(31)34-16-19-9-5-4-6-10-19)18(2)28-25(32)21-11-7-8-12-23(21)33-3/h4-15,18H,16H2,1-3H3,(H,28,32). The summed E-state index contributed by atoms with van der Waals surface area (Å²) in [6.07, 6.45) is 0. The number of aromatic nitrogens is 3. The van der Waals surface area contributed by atoms with Gasteiger partial charge in [0.05, 0.1) is 24.4 Å². The Morgan fingerprint density at radius 2 is 1.82 bits per heavy atom. The maximum Gasteiger partial charge on any atom is 0.255 e. The van der Waals surface area contributed by atoms with Crippen molar-refractivity contribution in [2.75, 3.05) is 7.11 Å². The highest BCUT2D eigenvalue weighted by atomic mass is 35.5. The number of methoxy groups -OCH3 is 1. The molecule has 34 heavy (non-hydrogen) atoms. The van der Waals surface area contributed by atoms with Gasteiger partial charge in [-0.25, -0.2) is 0 Å². The van der Waals surface area contributed by atoms with Gasteiger partial charge in [-0.15, -0.1) is 10.2 Å². The molecule has 0 spiro atoms. The van der Waals surface area contributed by atoms with E-state index in [0.29, 0.717) is 22.2 Å². The fourth-order valence-electron chi connectivity index (χ4n) is 3.60. The predicted molar refractivity (Wildman–Crippen MR) is 136 cm³/mol. The van der Waals surface area contributed by atoms with Gasteiger partial charge in [0.25, 0.3) is 5.91 Å². The highest BCUT2D eigenvalue weighted by Gasteiger charge is 2.23. The normalized spacial score (nSPS) is 11.8. The number of amides is 1. The van der Waals surface area contributed by atoms with Crippen LogP contribution in [-0.2, 0) is 5.75 Å². The minimum absolute atomic E-state index is 0.249. The molecule has 0 aliphatic rings. The van der Waals surface area contributed by atoms with Crippen LogP contribution in [-0.4, -0.2) is 27.8 Å². The molecule has 1 atom stereocenters. The van der Waals surface area contributed by atoms with Gasteiger partial charge in [-0.2, -0.15) is 0 Å². The Morgan fingerprint density at radius 3 is 2.59 bits per heavy atom. The maximum absolute atomic E-state index is 13.0. The Morgan fingerprint density at radius 1 is 1.09 bits per heavy atom. The Bertz CT molecular complexity index is 1290. The first-order valence-electron chi connectivity index (χ1n) is 10.8. The van der Waals surface area contributed by atoms with Crippen LogP contribution in [0.1, 0.15) is 40.3 Å². The van der Waals surface area contributed by atoms with Crippen molar-refractivity contribution in [1.82, 2.24) is 20.1 Å². The number of nitrogens with one attached hydrogen (secondary N) is 1. The minimum Gasteiger partial charge on any atom is -0.496 e. The van der Waals surface area contributed by atoms with Crippen LogP contribution < -0.4 is 10.1 Å². The van der Waals surface area contributed by atoms with Gasteiger partial charge in [-0.1, -0.05) is 71.9 Å². The van der Waals surface area contributed by atoms with E-state index >= 15 is 0 Å². The van der Waals surface area contributed by atoms with Gasteiger partial charge in [0.2, 0.25) is 0 Å². The maximum atomic E-state index is 13.0. The van der Waals surface area contributed by atoms with Crippen molar-refractivity contribution in [2.45, 2.75) is 30.8 Å². The van der Waals surface area contributed by atoms with E-state index in [2.05, 4.69) is 27.6 Å². The molecule has 1 unspecified atom stereocenters. The van der Waals surface area contributed by atoms with Crippen LogP contribution in [0.4, 0.5) is 0 Å². The zero-order chi connectivity index (χ0) is 24.1. The second kappa shape index (κ2) is 10.8. The lowest BCUT2D eigenvalue weighted by Gasteiger charge is -2.18. The zero-order valence-electron chi connectivity index (χ0n) is 19.2. The van der Waals surface area contributed by atoms with Crippen LogP contribution in [0.5, 0.6) is 5.75 Å². The Balaban J connectivity index is 1.68. The summed E-state index contributed by atoms with van der Waals surface area (Å²) in [5.41, 5.74) is 3.54. The average molecular weight is 493 g/mol. The second-order valence-corrected chi connectivity index (χ2v) is 9.16. The summed E-state index contributed by atoms with van der Waals surface area (Å²) in [7, 11) is 1.55. The number of halogens is 1. The average Bonchev–Trinajstić information content (AvgIpc) is 3.28. The lowest BCUT2D eigenvalue weighted by atomic mass is 10.1. The van der Waals surface area contributed by atoms with Gasteiger partial charge >= 0.3 is 0 Å². The SMILES string of the molecule is COc1ccccc1C(=O)NC(C)c1nnc(SCc2ccccc2)n1-c1cc(Cl)ccc1C. The summed E-state index contributed by atoms with van der Waals surface area (Å²) in [6, 6.07) is 22.6. The topological polar surface area (TPSA) is 69.0 Å². The van der Waals surface area contributed by atoms with Gasteiger partial charge in [-0.3, -0.25) is 9.36 Å².